The second-order valence-electron chi connectivity index (χ2n) is 5.99. The minimum Gasteiger partial charge on any atom is -0.379 e. The average Bonchev–Trinajstić information content (AvgIpc) is 2.74. The van der Waals surface area contributed by atoms with Gasteiger partial charge < -0.3 is 4.74 Å². The van der Waals surface area contributed by atoms with Crippen molar-refractivity contribution in [1.82, 2.24) is 4.90 Å². The molecule has 0 spiro atoms. The highest BCUT2D eigenvalue weighted by atomic mass is 16.5. The van der Waals surface area contributed by atoms with Crippen LogP contribution in [0.5, 0.6) is 0 Å². The molecule has 0 unspecified atom stereocenters. The molecule has 0 N–H and O–H groups in total. The molecule has 1 aliphatic heterocycles. The monoisotopic (exact) mass is 303 g/mol. The summed E-state index contributed by atoms with van der Waals surface area (Å²) in [6.07, 6.45) is 5.53. The molecule has 120 valence electrons. The van der Waals surface area contributed by atoms with E-state index in [0.29, 0.717) is 23.8 Å². The van der Waals surface area contributed by atoms with Gasteiger partial charge in [-0.2, -0.15) is 0 Å². The molecular formula is C18H25NO3. The zero-order valence-corrected chi connectivity index (χ0v) is 13.5. The second kappa shape index (κ2) is 8.08. The summed E-state index contributed by atoms with van der Waals surface area (Å²) < 4.78 is 5.50. The molecule has 0 saturated carbocycles. The Morgan fingerprint density at radius 3 is 2.05 bits per heavy atom. The Balaban J connectivity index is 1.65. The van der Waals surface area contributed by atoms with Crippen LogP contribution in [-0.4, -0.2) is 36.0 Å². The molecule has 1 aromatic rings. The molecule has 0 saturated heterocycles. The molecule has 1 aliphatic rings. The number of fused-ring (bicyclic) bond motifs is 1. The van der Waals surface area contributed by atoms with Crippen LogP contribution >= 0.6 is 0 Å². The number of carbonyl (C=O) groups is 2. The number of nitrogens with zero attached hydrogens (tertiary/aromatic N) is 1. The third-order valence-corrected chi connectivity index (χ3v) is 3.86. The summed E-state index contributed by atoms with van der Waals surface area (Å²) >= 11 is 0. The zero-order chi connectivity index (χ0) is 15.9. The van der Waals surface area contributed by atoms with Crippen molar-refractivity contribution in [1.29, 1.82) is 0 Å². The van der Waals surface area contributed by atoms with Gasteiger partial charge in [0.2, 0.25) is 0 Å². The molecule has 1 aromatic carbocycles. The van der Waals surface area contributed by atoms with Crippen molar-refractivity contribution >= 4 is 11.8 Å². The molecule has 2 amide bonds. The molecule has 2 rings (SSSR count). The third-order valence-electron chi connectivity index (χ3n) is 3.86. The molecule has 0 fully saturated rings. The number of benzene rings is 1. The van der Waals surface area contributed by atoms with Crippen molar-refractivity contribution in [3.8, 4) is 0 Å². The van der Waals surface area contributed by atoms with E-state index in [4.69, 9.17) is 4.74 Å². The molecule has 4 heteroatoms. The Kier molecular flexibility index (Phi) is 6.13. The molecule has 0 aromatic heterocycles. The summed E-state index contributed by atoms with van der Waals surface area (Å²) in [4.78, 5) is 25.7. The lowest BCUT2D eigenvalue weighted by Gasteiger charge is -2.13. The van der Waals surface area contributed by atoms with Crippen molar-refractivity contribution in [3.63, 3.8) is 0 Å². The molecule has 22 heavy (non-hydrogen) atoms. The first-order valence-corrected chi connectivity index (χ1v) is 8.18. The van der Waals surface area contributed by atoms with Gasteiger partial charge in [-0.15, -0.1) is 0 Å². The molecule has 0 bridgehead atoms. The van der Waals surface area contributed by atoms with Gasteiger partial charge in [-0.1, -0.05) is 31.4 Å². The average molecular weight is 303 g/mol. The van der Waals surface area contributed by atoms with Gasteiger partial charge >= 0.3 is 0 Å². The number of hydrogen-bond acceptors (Lipinski definition) is 3. The van der Waals surface area contributed by atoms with E-state index in [0.717, 1.165) is 38.7 Å². The van der Waals surface area contributed by atoms with Crippen molar-refractivity contribution in [2.45, 2.75) is 52.1 Å². The summed E-state index contributed by atoms with van der Waals surface area (Å²) in [5, 5.41) is 0. The predicted octanol–water partition coefficient (Wildman–Crippen LogP) is 3.66. The molecule has 0 radical (unpaired) electrons. The number of amides is 2. The maximum Gasteiger partial charge on any atom is 0.261 e. The maximum atomic E-state index is 12.2. The predicted molar refractivity (Wildman–Crippen MR) is 86.0 cm³/mol. The fraction of sp³-hybridized carbons (Fsp3) is 0.556. The van der Waals surface area contributed by atoms with Crippen molar-refractivity contribution < 1.29 is 14.3 Å². The van der Waals surface area contributed by atoms with Crippen molar-refractivity contribution in [3.05, 3.63) is 35.4 Å². The number of ether oxygens (including phenoxy) is 1. The van der Waals surface area contributed by atoms with Crippen LogP contribution < -0.4 is 0 Å². The van der Waals surface area contributed by atoms with E-state index >= 15 is 0 Å². The number of rotatable bonds is 9. The van der Waals surface area contributed by atoms with E-state index in [1.54, 1.807) is 24.3 Å². The normalized spacial score (nSPS) is 14.0. The highest BCUT2D eigenvalue weighted by molar-refractivity contribution is 6.21. The van der Waals surface area contributed by atoms with Gasteiger partial charge in [0.05, 0.1) is 17.2 Å². The summed E-state index contributed by atoms with van der Waals surface area (Å²) in [5.74, 6) is -0.295. The van der Waals surface area contributed by atoms with Crippen LogP contribution in [0.4, 0.5) is 0 Å². The third kappa shape index (κ3) is 4.17. The Bertz CT molecular complexity index is 490. The Labute approximate surface area is 132 Å². The van der Waals surface area contributed by atoms with Crippen LogP contribution in [0, 0.1) is 0 Å². The first kappa shape index (κ1) is 16.7. The lowest BCUT2D eigenvalue weighted by Crippen LogP contribution is -2.30. The molecular weight excluding hydrogens is 278 g/mol. The van der Waals surface area contributed by atoms with E-state index < -0.39 is 0 Å². The standard InChI is InChI=1S/C18H25NO3/c1-14(2)22-13-9-5-3-4-8-12-19-17(20)15-10-6-7-11-16(15)18(19)21/h6-7,10-11,14H,3-5,8-9,12-13H2,1-2H3. The van der Waals surface area contributed by atoms with Crippen LogP contribution in [0.3, 0.4) is 0 Å². The number of imide groups is 1. The van der Waals surface area contributed by atoms with Crippen LogP contribution in [0.2, 0.25) is 0 Å². The smallest absolute Gasteiger partial charge is 0.261 e. The topological polar surface area (TPSA) is 46.6 Å². The fourth-order valence-corrected chi connectivity index (χ4v) is 2.66. The van der Waals surface area contributed by atoms with E-state index in [-0.39, 0.29) is 11.8 Å². The van der Waals surface area contributed by atoms with Gasteiger partial charge in [-0.05, 0) is 38.8 Å². The first-order valence-electron chi connectivity index (χ1n) is 8.18. The Hall–Kier alpha value is -1.68. The van der Waals surface area contributed by atoms with Gasteiger partial charge in [-0.25, -0.2) is 0 Å². The summed E-state index contributed by atoms with van der Waals surface area (Å²) in [5.41, 5.74) is 1.08. The van der Waals surface area contributed by atoms with Crippen LogP contribution in [0.1, 0.15) is 66.7 Å². The summed E-state index contributed by atoms with van der Waals surface area (Å²) in [7, 11) is 0. The number of hydrogen-bond donors (Lipinski definition) is 0. The van der Waals surface area contributed by atoms with Gasteiger partial charge in [0.15, 0.2) is 0 Å². The van der Waals surface area contributed by atoms with Gasteiger partial charge in [-0.3, -0.25) is 14.5 Å². The van der Waals surface area contributed by atoms with Crippen LogP contribution in [-0.2, 0) is 4.74 Å². The first-order chi connectivity index (χ1) is 10.6. The van der Waals surface area contributed by atoms with Gasteiger partial charge in [0, 0.05) is 13.2 Å². The molecule has 0 aliphatic carbocycles. The van der Waals surface area contributed by atoms with E-state index in [9.17, 15) is 9.59 Å². The SMILES string of the molecule is CC(C)OCCCCCCCN1C(=O)c2ccccc2C1=O. The van der Waals surface area contributed by atoms with E-state index in [1.807, 2.05) is 13.8 Å². The van der Waals surface area contributed by atoms with Crippen molar-refractivity contribution in [2.24, 2.45) is 0 Å². The number of carbonyl (C=O) groups excluding carboxylic acids is 2. The van der Waals surface area contributed by atoms with Crippen LogP contribution in [0.25, 0.3) is 0 Å². The minimum absolute atomic E-state index is 0.147. The minimum atomic E-state index is -0.147. The zero-order valence-electron chi connectivity index (χ0n) is 13.5. The summed E-state index contributed by atoms with van der Waals surface area (Å²) in [6.45, 7) is 5.43. The Morgan fingerprint density at radius 1 is 0.909 bits per heavy atom. The highest BCUT2D eigenvalue weighted by Crippen LogP contribution is 2.22. The van der Waals surface area contributed by atoms with Gasteiger partial charge in [0.25, 0.3) is 11.8 Å². The number of unbranched alkanes of at least 4 members (excludes halogenated alkanes) is 4. The van der Waals surface area contributed by atoms with Crippen LogP contribution in [0.15, 0.2) is 24.3 Å². The fourth-order valence-electron chi connectivity index (χ4n) is 2.66. The second-order valence-corrected chi connectivity index (χ2v) is 5.99. The summed E-state index contributed by atoms with van der Waals surface area (Å²) in [6, 6.07) is 7.05. The lowest BCUT2D eigenvalue weighted by atomic mass is 10.1. The quantitative estimate of drug-likeness (QED) is 0.516. The van der Waals surface area contributed by atoms with E-state index in [1.165, 1.54) is 4.90 Å². The van der Waals surface area contributed by atoms with Gasteiger partial charge in [0.1, 0.15) is 0 Å². The van der Waals surface area contributed by atoms with E-state index in [2.05, 4.69) is 0 Å². The highest BCUT2D eigenvalue weighted by Gasteiger charge is 2.34. The molecule has 1 heterocycles. The molecule has 0 atom stereocenters. The lowest BCUT2D eigenvalue weighted by molar-refractivity contribution is 0.0651. The molecule has 4 nitrogen and oxygen atoms in total. The maximum absolute atomic E-state index is 12.2. The van der Waals surface area contributed by atoms with Crippen molar-refractivity contribution in [2.75, 3.05) is 13.2 Å². The largest absolute Gasteiger partial charge is 0.379 e. The Morgan fingerprint density at radius 2 is 1.45 bits per heavy atom.